The van der Waals surface area contributed by atoms with E-state index in [2.05, 4.69) is 5.32 Å². The Morgan fingerprint density at radius 2 is 1.82 bits per heavy atom. The first-order chi connectivity index (χ1) is 13.4. The first-order valence-corrected chi connectivity index (χ1v) is 9.34. The number of benzene rings is 2. The molecule has 1 aliphatic rings. The number of fused-ring (bicyclic) bond motifs is 1. The molecule has 0 spiro atoms. The van der Waals surface area contributed by atoms with E-state index in [0.29, 0.717) is 18.5 Å². The lowest BCUT2D eigenvalue weighted by atomic mass is 9.92. The van der Waals surface area contributed by atoms with Crippen LogP contribution < -0.4 is 10.2 Å². The predicted molar refractivity (Wildman–Crippen MR) is 107 cm³/mol. The number of hydrogen-bond donors (Lipinski definition) is 1. The van der Waals surface area contributed by atoms with Crippen molar-refractivity contribution in [3.8, 4) is 11.1 Å². The summed E-state index contributed by atoms with van der Waals surface area (Å²) in [6, 6.07) is 12.9. The molecule has 0 saturated heterocycles. The first-order valence-electron chi connectivity index (χ1n) is 9.34. The highest BCUT2D eigenvalue weighted by Gasteiger charge is 2.29. The molecule has 2 aromatic rings. The summed E-state index contributed by atoms with van der Waals surface area (Å²) in [5.74, 6) is -0.0347. The van der Waals surface area contributed by atoms with Crippen LogP contribution in [0, 0.1) is 0 Å². The van der Waals surface area contributed by atoms with Gasteiger partial charge < -0.3 is 15.0 Å². The fourth-order valence-corrected chi connectivity index (χ4v) is 3.41. The zero-order chi connectivity index (χ0) is 20.3. The molecule has 6 heteroatoms. The zero-order valence-corrected chi connectivity index (χ0v) is 16.3. The first kappa shape index (κ1) is 19.6. The lowest BCUT2D eigenvalue weighted by molar-refractivity contribution is -0.116. The van der Waals surface area contributed by atoms with Gasteiger partial charge in [0.15, 0.2) is 0 Å². The molecular weight excluding hydrogens is 356 g/mol. The van der Waals surface area contributed by atoms with Crippen molar-refractivity contribution in [3.05, 3.63) is 53.6 Å². The van der Waals surface area contributed by atoms with Gasteiger partial charge in [-0.1, -0.05) is 30.3 Å². The van der Waals surface area contributed by atoms with E-state index in [1.54, 1.807) is 30.9 Å². The molecule has 6 nitrogen and oxygen atoms in total. The summed E-state index contributed by atoms with van der Waals surface area (Å²) < 4.78 is 5.22. The van der Waals surface area contributed by atoms with Gasteiger partial charge in [0, 0.05) is 24.7 Å². The standard InChI is InChI=1S/C22H24N2O4/c1-14(2)28-22(27)23-20-10-11-24(15(3)26)21-9-8-18(12-19(20)21)17-6-4-16(13-25)5-7-17/h4-9,12-14,20H,10-11H2,1-3H3,(H,23,27). The van der Waals surface area contributed by atoms with E-state index in [9.17, 15) is 14.4 Å². The summed E-state index contributed by atoms with van der Waals surface area (Å²) in [7, 11) is 0. The third-order valence-electron chi connectivity index (χ3n) is 4.73. The van der Waals surface area contributed by atoms with E-state index in [1.165, 1.54) is 6.92 Å². The maximum Gasteiger partial charge on any atom is 0.407 e. The number of carbonyl (C=O) groups is 3. The minimum atomic E-state index is -0.469. The van der Waals surface area contributed by atoms with Crippen LogP contribution in [0.2, 0.25) is 0 Å². The molecule has 0 bridgehead atoms. The number of nitrogens with zero attached hydrogens (tertiary/aromatic N) is 1. The van der Waals surface area contributed by atoms with Gasteiger partial charge in [-0.3, -0.25) is 9.59 Å². The number of alkyl carbamates (subject to hydrolysis) is 1. The number of carbonyl (C=O) groups excluding carboxylic acids is 3. The van der Waals surface area contributed by atoms with E-state index in [1.807, 2.05) is 30.3 Å². The van der Waals surface area contributed by atoms with Gasteiger partial charge in [0.2, 0.25) is 5.91 Å². The molecule has 2 amide bonds. The Kier molecular flexibility index (Phi) is 5.78. The highest BCUT2D eigenvalue weighted by Crippen LogP contribution is 2.37. The smallest absolute Gasteiger partial charge is 0.407 e. The number of rotatable bonds is 4. The molecule has 0 saturated carbocycles. The van der Waals surface area contributed by atoms with Gasteiger partial charge in [-0.15, -0.1) is 0 Å². The van der Waals surface area contributed by atoms with E-state index in [4.69, 9.17) is 4.74 Å². The van der Waals surface area contributed by atoms with E-state index in [0.717, 1.165) is 28.7 Å². The Balaban J connectivity index is 1.97. The predicted octanol–water partition coefficient (Wildman–Crippen LogP) is 4.10. The minimum absolute atomic E-state index is 0.0347. The summed E-state index contributed by atoms with van der Waals surface area (Å²) in [5.41, 5.74) is 4.18. The number of amides is 2. The van der Waals surface area contributed by atoms with Crippen molar-refractivity contribution in [2.45, 2.75) is 39.3 Å². The van der Waals surface area contributed by atoms with Crippen LogP contribution in [-0.4, -0.2) is 30.9 Å². The quantitative estimate of drug-likeness (QED) is 0.811. The normalized spacial score (nSPS) is 15.7. The second kappa shape index (κ2) is 8.25. The summed E-state index contributed by atoms with van der Waals surface area (Å²) in [6.07, 6.45) is 0.733. The van der Waals surface area contributed by atoms with Gasteiger partial charge in [0.25, 0.3) is 0 Å². The molecule has 0 radical (unpaired) electrons. The molecule has 28 heavy (non-hydrogen) atoms. The molecule has 1 aliphatic heterocycles. The maximum atomic E-state index is 12.1. The summed E-state index contributed by atoms with van der Waals surface area (Å²) >= 11 is 0. The summed E-state index contributed by atoms with van der Waals surface area (Å²) in [4.78, 5) is 36.8. The van der Waals surface area contributed by atoms with Crippen molar-refractivity contribution < 1.29 is 19.1 Å². The lowest BCUT2D eigenvalue weighted by Gasteiger charge is -2.34. The van der Waals surface area contributed by atoms with Crippen LogP contribution in [0.25, 0.3) is 11.1 Å². The second-order valence-corrected chi connectivity index (χ2v) is 7.12. The molecule has 3 rings (SSSR count). The molecule has 1 heterocycles. The molecule has 0 aliphatic carbocycles. The third kappa shape index (κ3) is 4.22. The van der Waals surface area contributed by atoms with Crippen LogP contribution >= 0.6 is 0 Å². The van der Waals surface area contributed by atoms with Gasteiger partial charge in [0.05, 0.1) is 12.1 Å². The van der Waals surface area contributed by atoms with Gasteiger partial charge in [0.1, 0.15) is 6.29 Å². The Labute approximate surface area is 164 Å². The fraction of sp³-hybridized carbons (Fsp3) is 0.318. The van der Waals surface area contributed by atoms with E-state index < -0.39 is 6.09 Å². The van der Waals surface area contributed by atoms with Crippen LogP contribution in [0.3, 0.4) is 0 Å². The number of nitrogens with one attached hydrogen (secondary N) is 1. The van der Waals surface area contributed by atoms with Crippen molar-refractivity contribution in [1.29, 1.82) is 0 Å². The Hall–Kier alpha value is -3.15. The molecule has 0 fully saturated rings. The molecule has 1 atom stereocenters. The van der Waals surface area contributed by atoms with Gasteiger partial charge in [-0.25, -0.2) is 4.79 Å². The van der Waals surface area contributed by atoms with E-state index >= 15 is 0 Å². The average Bonchev–Trinajstić information content (AvgIpc) is 2.67. The zero-order valence-electron chi connectivity index (χ0n) is 16.3. The number of hydrogen-bond acceptors (Lipinski definition) is 4. The molecule has 2 aromatic carbocycles. The van der Waals surface area contributed by atoms with Crippen molar-refractivity contribution in [3.63, 3.8) is 0 Å². The highest BCUT2D eigenvalue weighted by molar-refractivity contribution is 5.93. The van der Waals surface area contributed by atoms with Gasteiger partial charge in [-0.05, 0) is 49.1 Å². The highest BCUT2D eigenvalue weighted by atomic mass is 16.6. The maximum absolute atomic E-state index is 12.1. The molecule has 0 aromatic heterocycles. The van der Waals surface area contributed by atoms with Crippen LogP contribution in [0.1, 0.15) is 49.2 Å². The van der Waals surface area contributed by atoms with Crippen molar-refractivity contribution in [2.24, 2.45) is 0 Å². The Bertz CT molecular complexity index is 890. The number of anilines is 1. The molecule has 1 N–H and O–H groups in total. The lowest BCUT2D eigenvalue weighted by Crippen LogP contribution is -2.40. The Morgan fingerprint density at radius 1 is 1.14 bits per heavy atom. The fourth-order valence-electron chi connectivity index (χ4n) is 3.41. The average molecular weight is 380 g/mol. The summed E-state index contributed by atoms with van der Waals surface area (Å²) in [6.45, 7) is 5.67. The summed E-state index contributed by atoms with van der Waals surface area (Å²) in [5, 5.41) is 2.92. The minimum Gasteiger partial charge on any atom is -0.447 e. The van der Waals surface area contributed by atoms with Crippen molar-refractivity contribution >= 4 is 24.0 Å². The molecule has 1 unspecified atom stereocenters. The third-order valence-corrected chi connectivity index (χ3v) is 4.73. The number of ether oxygens (including phenoxy) is 1. The van der Waals surface area contributed by atoms with Crippen molar-refractivity contribution in [1.82, 2.24) is 5.32 Å². The molecular formula is C22H24N2O4. The monoisotopic (exact) mass is 380 g/mol. The van der Waals surface area contributed by atoms with Crippen LogP contribution in [0.5, 0.6) is 0 Å². The van der Waals surface area contributed by atoms with Gasteiger partial charge in [-0.2, -0.15) is 0 Å². The topological polar surface area (TPSA) is 75.7 Å². The SMILES string of the molecule is CC(=O)N1CCC(NC(=O)OC(C)C)c2cc(-c3ccc(C=O)cc3)ccc21. The number of aldehydes is 1. The van der Waals surface area contributed by atoms with Crippen LogP contribution in [0.4, 0.5) is 10.5 Å². The second-order valence-electron chi connectivity index (χ2n) is 7.12. The largest absolute Gasteiger partial charge is 0.447 e. The van der Waals surface area contributed by atoms with Crippen molar-refractivity contribution in [2.75, 3.05) is 11.4 Å². The van der Waals surface area contributed by atoms with Crippen LogP contribution in [-0.2, 0) is 9.53 Å². The van der Waals surface area contributed by atoms with E-state index in [-0.39, 0.29) is 18.1 Å². The van der Waals surface area contributed by atoms with Crippen LogP contribution in [0.15, 0.2) is 42.5 Å². The molecule has 146 valence electrons. The van der Waals surface area contributed by atoms with Gasteiger partial charge >= 0.3 is 6.09 Å². The Morgan fingerprint density at radius 3 is 2.43 bits per heavy atom.